The fraction of sp³-hybridized carbons (Fsp3) is 0.429. The molecule has 0 bridgehead atoms. The van der Waals surface area contributed by atoms with E-state index in [2.05, 4.69) is 6.92 Å². The van der Waals surface area contributed by atoms with E-state index in [1.165, 1.54) is 19.3 Å². The highest BCUT2D eigenvalue weighted by atomic mass is 16.3. The van der Waals surface area contributed by atoms with Gasteiger partial charge >= 0.3 is 0 Å². The monoisotopic (exact) mass is 218 g/mol. The molecular formula is C14H18O2. The third kappa shape index (κ3) is 2.38. The predicted octanol–water partition coefficient (Wildman–Crippen LogP) is 4.26. The first-order valence-corrected chi connectivity index (χ1v) is 6.01. The van der Waals surface area contributed by atoms with Gasteiger partial charge in [-0.25, -0.2) is 0 Å². The first-order chi connectivity index (χ1) is 7.81. The van der Waals surface area contributed by atoms with Gasteiger partial charge in [-0.2, -0.15) is 0 Å². The smallest absolute Gasteiger partial charge is 0.137 e. The normalized spacial score (nSPS) is 11.1. The third-order valence-electron chi connectivity index (χ3n) is 2.87. The zero-order valence-corrected chi connectivity index (χ0v) is 9.70. The van der Waals surface area contributed by atoms with E-state index in [9.17, 15) is 5.11 Å². The average molecular weight is 218 g/mol. The summed E-state index contributed by atoms with van der Waals surface area (Å²) in [6, 6.07) is 7.35. The van der Waals surface area contributed by atoms with Gasteiger partial charge in [0.25, 0.3) is 0 Å². The van der Waals surface area contributed by atoms with Crippen molar-refractivity contribution in [3.05, 3.63) is 30.0 Å². The number of furan rings is 1. The van der Waals surface area contributed by atoms with E-state index in [0.29, 0.717) is 5.75 Å². The van der Waals surface area contributed by atoms with Gasteiger partial charge in [-0.05, 0) is 24.6 Å². The van der Waals surface area contributed by atoms with Crippen LogP contribution in [0.4, 0.5) is 0 Å². The molecule has 0 aliphatic rings. The number of fused-ring (bicyclic) bond motifs is 1. The summed E-state index contributed by atoms with van der Waals surface area (Å²) in [5.41, 5.74) is 0.783. The lowest BCUT2D eigenvalue weighted by Gasteiger charge is -1.95. The minimum Gasteiger partial charge on any atom is -0.507 e. The average Bonchev–Trinajstić information content (AvgIpc) is 2.69. The van der Waals surface area contributed by atoms with Gasteiger partial charge in [-0.1, -0.05) is 32.3 Å². The van der Waals surface area contributed by atoms with Crippen molar-refractivity contribution in [2.75, 3.05) is 0 Å². The van der Waals surface area contributed by atoms with E-state index < -0.39 is 0 Å². The van der Waals surface area contributed by atoms with Crippen LogP contribution in [0.2, 0.25) is 0 Å². The molecule has 0 amide bonds. The second-order valence-electron chi connectivity index (χ2n) is 4.21. The molecule has 0 radical (unpaired) electrons. The van der Waals surface area contributed by atoms with Crippen LogP contribution in [0.25, 0.3) is 11.0 Å². The topological polar surface area (TPSA) is 33.4 Å². The second kappa shape index (κ2) is 5.06. The minimum absolute atomic E-state index is 0.307. The Balaban J connectivity index is 2.05. The van der Waals surface area contributed by atoms with Gasteiger partial charge in [0.1, 0.15) is 17.1 Å². The molecule has 2 aromatic rings. The molecule has 1 N–H and O–H groups in total. The van der Waals surface area contributed by atoms with Crippen molar-refractivity contribution in [1.82, 2.24) is 0 Å². The molecule has 1 aromatic carbocycles. The molecule has 0 spiro atoms. The number of aromatic hydroxyl groups is 1. The molecule has 0 saturated carbocycles. The number of unbranched alkanes of at least 4 members (excludes halogenated alkanes) is 3. The minimum atomic E-state index is 0.307. The van der Waals surface area contributed by atoms with Crippen LogP contribution in [0, 0.1) is 0 Å². The number of benzene rings is 1. The Kier molecular flexibility index (Phi) is 3.50. The van der Waals surface area contributed by atoms with Crippen LogP contribution >= 0.6 is 0 Å². The standard InChI is InChI=1S/C14H18O2/c1-2-3-4-5-7-11-10-12-13(15)8-6-9-14(12)16-11/h6,8-10,15H,2-5,7H2,1H3. The van der Waals surface area contributed by atoms with Crippen molar-refractivity contribution >= 4 is 11.0 Å². The lowest BCUT2D eigenvalue weighted by atomic mass is 10.1. The van der Waals surface area contributed by atoms with Crippen molar-refractivity contribution in [2.24, 2.45) is 0 Å². The summed E-state index contributed by atoms with van der Waals surface area (Å²) >= 11 is 0. The van der Waals surface area contributed by atoms with Crippen LogP contribution in [0.15, 0.2) is 28.7 Å². The highest BCUT2D eigenvalue weighted by molar-refractivity contribution is 5.84. The predicted molar refractivity (Wildman–Crippen MR) is 65.7 cm³/mol. The zero-order valence-electron chi connectivity index (χ0n) is 9.70. The first-order valence-electron chi connectivity index (χ1n) is 6.01. The van der Waals surface area contributed by atoms with Gasteiger partial charge in [0, 0.05) is 6.42 Å². The number of phenolic OH excluding ortho intramolecular Hbond substituents is 1. The molecular weight excluding hydrogens is 200 g/mol. The maximum Gasteiger partial charge on any atom is 0.137 e. The highest BCUT2D eigenvalue weighted by Gasteiger charge is 2.06. The largest absolute Gasteiger partial charge is 0.507 e. The van der Waals surface area contributed by atoms with Crippen molar-refractivity contribution in [3.63, 3.8) is 0 Å². The second-order valence-corrected chi connectivity index (χ2v) is 4.21. The summed E-state index contributed by atoms with van der Waals surface area (Å²) in [5.74, 6) is 1.29. The molecule has 0 aliphatic carbocycles. The van der Waals surface area contributed by atoms with Gasteiger partial charge in [-0.15, -0.1) is 0 Å². The fourth-order valence-electron chi connectivity index (χ4n) is 1.95. The SMILES string of the molecule is CCCCCCc1cc2c(O)cccc2o1. The van der Waals surface area contributed by atoms with Gasteiger partial charge in [0.05, 0.1) is 5.39 Å². The van der Waals surface area contributed by atoms with Gasteiger partial charge < -0.3 is 9.52 Å². The number of hydrogen-bond acceptors (Lipinski definition) is 2. The number of phenols is 1. The van der Waals surface area contributed by atoms with Crippen LogP contribution in [0.5, 0.6) is 5.75 Å². The molecule has 2 rings (SSSR count). The van der Waals surface area contributed by atoms with Crippen LogP contribution < -0.4 is 0 Å². The molecule has 0 aliphatic heterocycles. The summed E-state index contributed by atoms with van der Waals surface area (Å²) in [4.78, 5) is 0. The quantitative estimate of drug-likeness (QED) is 0.760. The van der Waals surface area contributed by atoms with Crippen molar-refractivity contribution in [2.45, 2.75) is 39.0 Å². The summed E-state index contributed by atoms with van der Waals surface area (Å²) in [5, 5.41) is 10.5. The van der Waals surface area contributed by atoms with Crippen LogP contribution in [0.1, 0.15) is 38.4 Å². The fourth-order valence-corrected chi connectivity index (χ4v) is 1.95. The van der Waals surface area contributed by atoms with E-state index in [0.717, 1.165) is 29.6 Å². The summed E-state index contributed by atoms with van der Waals surface area (Å²) in [6.07, 6.45) is 5.91. The Bertz CT molecular complexity index is 457. The van der Waals surface area contributed by atoms with Gasteiger partial charge in [-0.3, -0.25) is 0 Å². The van der Waals surface area contributed by atoms with E-state index in [4.69, 9.17) is 4.42 Å². The van der Waals surface area contributed by atoms with E-state index in [-0.39, 0.29) is 0 Å². The van der Waals surface area contributed by atoms with Crippen molar-refractivity contribution < 1.29 is 9.52 Å². The highest BCUT2D eigenvalue weighted by Crippen LogP contribution is 2.28. The first kappa shape index (κ1) is 11.1. The molecule has 1 aromatic heterocycles. The molecule has 1 heterocycles. The lowest BCUT2D eigenvalue weighted by molar-refractivity contribution is 0.481. The molecule has 16 heavy (non-hydrogen) atoms. The summed E-state index contributed by atoms with van der Waals surface area (Å²) in [6.45, 7) is 2.21. The summed E-state index contributed by atoms with van der Waals surface area (Å²) in [7, 11) is 0. The molecule has 86 valence electrons. The van der Waals surface area contributed by atoms with Gasteiger partial charge in [0.15, 0.2) is 0 Å². The third-order valence-corrected chi connectivity index (χ3v) is 2.87. The van der Waals surface area contributed by atoms with E-state index in [1.807, 2.05) is 18.2 Å². The number of rotatable bonds is 5. The Morgan fingerprint density at radius 3 is 2.81 bits per heavy atom. The van der Waals surface area contributed by atoms with Crippen LogP contribution in [0.3, 0.4) is 0 Å². The Morgan fingerprint density at radius 1 is 1.19 bits per heavy atom. The van der Waals surface area contributed by atoms with Crippen molar-refractivity contribution in [1.29, 1.82) is 0 Å². The molecule has 0 fully saturated rings. The molecule has 2 nitrogen and oxygen atoms in total. The van der Waals surface area contributed by atoms with E-state index >= 15 is 0 Å². The lowest BCUT2D eigenvalue weighted by Crippen LogP contribution is -1.81. The van der Waals surface area contributed by atoms with Gasteiger partial charge in [0.2, 0.25) is 0 Å². The van der Waals surface area contributed by atoms with Crippen LogP contribution in [-0.2, 0) is 6.42 Å². The van der Waals surface area contributed by atoms with Crippen molar-refractivity contribution in [3.8, 4) is 5.75 Å². The van der Waals surface area contributed by atoms with E-state index in [1.54, 1.807) is 6.07 Å². The maximum atomic E-state index is 9.63. The molecule has 0 atom stereocenters. The molecule has 0 saturated heterocycles. The Labute approximate surface area is 95.9 Å². The Morgan fingerprint density at radius 2 is 2.06 bits per heavy atom. The number of aryl methyl sites for hydroxylation is 1. The number of hydrogen-bond donors (Lipinski definition) is 1. The summed E-state index contributed by atoms with van der Waals surface area (Å²) < 4.78 is 5.67. The van der Waals surface area contributed by atoms with Crippen LogP contribution in [-0.4, -0.2) is 5.11 Å². The Hall–Kier alpha value is -1.44. The molecule has 0 unspecified atom stereocenters. The molecule has 2 heteroatoms. The maximum absolute atomic E-state index is 9.63. The zero-order chi connectivity index (χ0) is 11.4.